The Morgan fingerprint density at radius 2 is 0.889 bits per heavy atom. The van der Waals surface area contributed by atoms with Crippen molar-refractivity contribution in [3.8, 4) is 0 Å². The first-order valence-electron chi connectivity index (χ1n) is 26.7. The molecule has 0 aromatic rings. The van der Waals surface area contributed by atoms with Crippen molar-refractivity contribution in [2.75, 3.05) is 6.61 Å². The SMILES string of the molecule is CC/C=C\C/C=C\C/C=C\C/C=C\C/C=C\CC(CC(=O)NC(CO)C(O)CCCCCCCCCCCC)OC(=O)CCCCCCCCCCC/C=C/CCCCCCCC. The molecule has 1 amide bonds. The zero-order valence-corrected chi connectivity index (χ0v) is 41.4. The molecule has 0 aromatic carbocycles. The number of unbranched alkanes of at least 4 members (excludes halogenated alkanes) is 24. The fraction of sp³-hybridized carbons (Fsp3) is 0.754. The number of hydrogen-bond donors (Lipinski definition) is 3. The van der Waals surface area contributed by atoms with E-state index in [2.05, 4.69) is 86.8 Å². The van der Waals surface area contributed by atoms with Gasteiger partial charge >= 0.3 is 5.97 Å². The number of aliphatic hydroxyl groups excluding tert-OH is 2. The first-order valence-corrected chi connectivity index (χ1v) is 26.7. The predicted molar refractivity (Wildman–Crippen MR) is 273 cm³/mol. The fourth-order valence-corrected chi connectivity index (χ4v) is 7.74. The molecule has 0 heterocycles. The van der Waals surface area contributed by atoms with Crippen molar-refractivity contribution in [1.29, 1.82) is 0 Å². The first-order chi connectivity index (χ1) is 31.0. The van der Waals surface area contributed by atoms with Crippen LogP contribution in [0.3, 0.4) is 0 Å². The van der Waals surface area contributed by atoms with E-state index < -0.39 is 18.2 Å². The van der Waals surface area contributed by atoms with E-state index in [-0.39, 0.29) is 24.9 Å². The number of esters is 1. The van der Waals surface area contributed by atoms with Gasteiger partial charge in [0.15, 0.2) is 0 Å². The monoisotopic (exact) mass is 880 g/mol. The molecular weight excluding hydrogens is 779 g/mol. The van der Waals surface area contributed by atoms with Gasteiger partial charge in [-0.1, -0.05) is 235 Å². The highest BCUT2D eigenvalue weighted by Gasteiger charge is 2.23. The van der Waals surface area contributed by atoms with Crippen LogP contribution in [0.1, 0.15) is 252 Å². The second kappa shape index (κ2) is 50.3. The molecule has 0 radical (unpaired) electrons. The van der Waals surface area contributed by atoms with Crippen molar-refractivity contribution < 1.29 is 24.5 Å². The number of rotatable bonds is 47. The highest BCUT2D eigenvalue weighted by molar-refractivity contribution is 5.77. The van der Waals surface area contributed by atoms with E-state index >= 15 is 0 Å². The highest BCUT2D eigenvalue weighted by Crippen LogP contribution is 2.16. The van der Waals surface area contributed by atoms with Crippen molar-refractivity contribution in [1.82, 2.24) is 5.32 Å². The van der Waals surface area contributed by atoms with Gasteiger partial charge in [-0.25, -0.2) is 0 Å². The van der Waals surface area contributed by atoms with Crippen LogP contribution >= 0.6 is 0 Å². The molecular formula is C57H101NO5. The average molecular weight is 880 g/mol. The molecule has 0 rings (SSSR count). The Hall–Kier alpha value is -2.70. The Labute approximate surface area is 390 Å². The fourth-order valence-electron chi connectivity index (χ4n) is 7.74. The van der Waals surface area contributed by atoms with Crippen LogP contribution in [0.5, 0.6) is 0 Å². The number of hydrogen-bond acceptors (Lipinski definition) is 5. The zero-order chi connectivity index (χ0) is 45.9. The van der Waals surface area contributed by atoms with Crippen LogP contribution in [0.25, 0.3) is 0 Å². The van der Waals surface area contributed by atoms with Gasteiger partial charge in [-0.3, -0.25) is 9.59 Å². The number of ether oxygens (including phenoxy) is 1. The maximum atomic E-state index is 13.2. The third-order valence-electron chi connectivity index (χ3n) is 11.8. The zero-order valence-electron chi connectivity index (χ0n) is 41.4. The van der Waals surface area contributed by atoms with Gasteiger partial charge in [-0.2, -0.15) is 0 Å². The maximum absolute atomic E-state index is 13.2. The average Bonchev–Trinajstić information content (AvgIpc) is 3.28. The van der Waals surface area contributed by atoms with Crippen LogP contribution in [0.15, 0.2) is 72.9 Å². The molecule has 0 bridgehead atoms. The van der Waals surface area contributed by atoms with Gasteiger partial charge in [0.1, 0.15) is 6.10 Å². The lowest BCUT2D eigenvalue weighted by Crippen LogP contribution is -2.46. The molecule has 0 saturated heterocycles. The van der Waals surface area contributed by atoms with E-state index in [9.17, 15) is 19.8 Å². The molecule has 63 heavy (non-hydrogen) atoms. The quantitative estimate of drug-likeness (QED) is 0.0321. The van der Waals surface area contributed by atoms with Crippen LogP contribution in [0, 0.1) is 0 Å². The molecule has 3 atom stereocenters. The third-order valence-corrected chi connectivity index (χ3v) is 11.8. The summed E-state index contributed by atoms with van der Waals surface area (Å²) >= 11 is 0. The molecule has 364 valence electrons. The molecule has 0 aromatic heterocycles. The number of amides is 1. The summed E-state index contributed by atoms with van der Waals surface area (Å²) in [6.07, 6.45) is 64.1. The lowest BCUT2D eigenvalue weighted by molar-refractivity contribution is -0.150. The standard InChI is InChI=1S/C57H101NO5/c1-4-7-10-13-16-19-22-24-26-27-28-29-31-33-35-38-41-44-47-50-57(62)63-53(48-45-42-39-36-34-32-30-25-23-20-17-14-11-8-5-2)51-56(61)58-54(52-59)55(60)49-46-43-40-37-21-18-15-12-9-6-3/h8,11,17,20,24-26,30,34,36,42,45,53-55,59-60H,4-7,9-10,12-16,18-19,21-23,27-29,31-33,35,37-41,43-44,46-52H2,1-3H3,(H,58,61)/b11-8-,20-17-,26-24+,30-25-,36-34-,45-42-. The number of nitrogens with one attached hydrogen (secondary N) is 1. The number of aliphatic hydroxyl groups is 2. The van der Waals surface area contributed by atoms with E-state index in [1.807, 2.05) is 12.2 Å². The van der Waals surface area contributed by atoms with E-state index in [1.54, 1.807) is 0 Å². The summed E-state index contributed by atoms with van der Waals surface area (Å²) in [6.45, 7) is 6.33. The molecule has 0 saturated carbocycles. The molecule has 0 aliphatic rings. The van der Waals surface area contributed by atoms with E-state index in [0.717, 1.165) is 70.6 Å². The second-order valence-corrected chi connectivity index (χ2v) is 17.9. The Morgan fingerprint density at radius 1 is 0.492 bits per heavy atom. The summed E-state index contributed by atoms with van der Waals surface area (Å²) in [5.41, 5.74) is 0. The number of carbonyl (C=O) groups excluding carboxylic acids is 2. The summed E-state index contributed by atoms with van der Waals surface area (Å²) < 4.78 is 5.87. The Balaban J connectivity index is 4.66. The summed E-state index contributed by atoms with van der Waals surface area (Å²) in [7, 11) is 0. The summed E-state index contributed by atoms with van der Waals surface area (Å²) in [5, 5.41) is 23.7. The topological polar surface area (TPSA) is 95.9 Å². The molecule has 3 N–H and O–H groups in total. The molecule has 0 aliphatic heterocycles. The van der Waals surface area contributed by atoms with Gasteiger partial charge in [0, 0.05) is 12.8 Å². The van der Waals surface area contributed by atoms with Crippen LogP contribution < -0.4 is 5.32 Å². The molecule has 0 fully saturated rings. The first kappa shape index (κ1) is 60.3. The number of carbonyl (C=O) groups is 2. The Kier molecular flexibility index (Phi) is 48.1. The van der Waals surface area contributed by atoms with E-state index in [0.29, 0.717) is 19.3 Å². The highest BCUT2D eigenvalue weighted by atomic mass is 16.5. The van der Waals surface area contributed by atoms with Gasteiger partial charge in [0.2, 0.25) is 5.91 Å². The van der Waals surface area contributed by atoms with Crippen molar-refractivity contribution in [2.24, 2.45) is 0 Å². The van der Waals surface area contributed by atoms with E-state index in [4.69, 9.17) is 4.74 Å². The van der Waals surface area contributed by atoms with E-state index in [1.165, 1.54) is 135 Å². The minimum Gasteiger partial charge on any atom is -0.461 e. The van der Waals surface area contributed by atoms with Gasteiger partial charge in [-0.15, -0.1) is 0 Å². The molecule has 0 aliphatic carbocycles. The lowest BCUT2D eigenvalue weighted by atomic mass is 10.0. The van der Waals surface area contributed by atoms with Crippen molar-refractivity contribution >= 4 is 11.9 Å². The van der Waals surface area contributed by atoms with Crippen LogP contribution in [-0.4, -0.2) is 46.9 Å². The maximum Gasteiger partial charge on any atom is 0.306 e. The van der Waals surface area contributed by atoms with Gasteiger partial charge in [-0.05, 0) is 70.6 Å². The van der Waals surface area contributed by atoms with Crippen molar-refractivity contribution in [3.63, 3.8) is 0 Å². The minimum atomic E-state index is -0.813. The van der Waals surface area contributed by atoms with Crippen molar-refractivity contribution in [3.05, 3.63) is 72.9 Å². The van der Waals surface area contributed by atoms with Crippen LogP contribution in [0.2, 0.25) is 0 Å². The van der Waals surface area contributed by atoms with Gasteiger partial charge in [0.25, 0.3) is 0 Å². The summed E-state index contributed by atoms with van der Waals surface area (Å²) in [6, 6.07) is -0.734. The molecule has 6 nitrogen and oxygen atoms in total. The Bertz CT molecular complexity index is 1170. The minimum absolute atomic E-state index is 0.00297. The molecule has 6 heteroatoms. The largest absolute Gasteiger partial charge is 0.461 e. The number of allylic oxidation sites excluding steroid dienone is 11. The lowest BCUT2D eigenvalue weighted by Gasteiger charge is -2.24. The summed E-state index contributed by atoms with van der Waals surface area (Å²) in [5.74, 6) is -0.581. The van der Waals surface area contributed by atoms with Crippen LogP contribution in [0.4, 0.5) is 0 Å². The normalized spacial score (nSPS) is 13.8. The van der Waals surface area contributed by atoms with Gasteiger partial charge in [0.05, 0.1) is 25.2 Å². The second-order valence-electron chi connectivity index (χ2n) is 17.9. The summed E-state index contributed by atoms with van der Waals surface area (Å²) in [4.78, 5) is 26.1. The Morgan fingerprint density at radius 3 is 1.33 bits per heavy atom. The van der Waals surface area contributed by atoms with Crippen molar-refractivity contribution in [2.45, 2.75) is 270 Å². The van der Waals surface area contributed by atoms with Gasteiger partial charge < -0.3 is 20.3 Å². The van der Waals surface area contributed by atoms with Crippen LogP contribution in [-0.2, 0) is 14.3 Å². The predicted octanol–water partition coefficient (Wildman–Crippen LogP) is 16.2. The smallest absolute Gasteiger partial charge is 0.306 e. The molecule has 3 unspecified atom stereocenters. The third kappa shape index (κ3) is 45.7. The molecule has 0 spiro atoms.